The number of rotatable bonds is 6. The molecule has 0 saturated heterocycles. The van der Waals surface area contributed by atoms with Gasteiger partial charge in [-0.25, -0.2) is 17.2 Å². The van der Waals surface area contributed by atoms with Gasteiger partial charge in [-0.15, -0.1) is 0 Å². The Bertz CT molecular complexity index is 535. The normalized spacial score (nSPS) is 12.2. The number of hydrogen-bond acceptors (Lipinski definition) is 4. The molecule has 8 heteroatoms. The van der Waals surface area contributed by atoms with Gasteiger partial charge >= 0.3 is 0 Å². The highest BCUT2D eigenvalue weighted by Crippen LogP contribution is 2.24. The molecule has 0 spiro atoms. The molecular weight excluding hydrogens is 278 g/mol. The zero-order valence-electron chi connectivity index (χ0n) is 10.6. The van der Waals surface area contributed by atoms with Gasteiger partial charge in [0.2, 0.25) is 10.0 Å². The van der Waals surface area contributed by atoms with Crippen molar-refractivity contribution in [2.45, 2.75) is 17.9 Å². The number of nitrogens with zero attached hydrogens (tertiary/aromatic N) is 1. The minimum Gasteiger partial charge on any atom is -0.496 e. The van der Waals surface area contributed by atoms with Crippen LogP contribution in [0.1, 0.15) is 5.56 Å². The zero-order valence-corrected chi connectivity index (χ0v) is 11.5. The second-order valence-electron chi connectivity index (χ2n) is 3.85. The van der Waals surface area contributed by atoms with Gasteiger partial charge in [0.05, 0.1) is 18.6 Å². The second kappa shape index (κ2) is 6.27. The van der Waals surface area contributed by atoms with E-state index < -0.39 is 23.0 Å². The lowest BCUT2D eigenvalue weighted by Gasteiger charge is -2.17. The van der Waals surface area contributed by atoms with Gasteiger partial charge in [0.1, 0.15) is 5.75 Å². The highest BCUT2D eigenvalue weighted by Gasteiger charge is 2.24. The summed E-state index contributed by atoms with van der Waals surface area (Å²) in [4.78, 5) is -0.0862. The summed E-state index contributed by atoms with van der Waals surface area (Å²) < 4.78 is 54.2. The lowest BCUT2D eigenvalue weighted by molar-refractivity contribution is 0.126. The maximum atomic E-state index is 12.2. The molecule has 0 aromatic heterocycles. The van der Waals surface area contributed by atoms with Gasteiger partial charge in [-0.3, -0.25) is 0 Å². The fourth-order valence-electron chi connectivity index (χ4n) is 1.55. The molecule has 0 aliphatic carbocycles. The lowest BCUT2D eigenvalue weighted by Crippen LogP contribution is -2.31. The molecule has 0 amide bonds. The Kier molecular flexibility index (Phi) is 5.21. The molecular formula is C11H16F2N2O3S. The maximum absolute atomic E-state index is 12.2. The molecule has 0 unspecified atom stereocenters. The van der Waals surface area contributed by atoms with E-state index in [-0.39, 0.29) is 11.4 Å². The molecule has 0 bridgehead atoms. The molecule has 19 heavy (non-hydrogen) atoms. The van der Waals surface area contributed by atoms with E-state index in [1.807, 2.05) is 0 Å². The van der Waals surface area contributed by atoms with Crippen LogP contribution < -0.4 is 10.5 Å². The lowest BCUT2D eigenvalue weighted by atomic mass is 10.2. The van der Waals surface area contributed by atoms with E-state index in [1.54, 1.807) is 0 Å². The van der Waals surface area contributed by atoms with Crippen LogP contribution in [-0.4, -0.2) is 39.9 Å². The van der Waals surface area contributed by atoms with Crippen molar-refractivity contribution in [3.63, 3.8) is 0 Å². The monoisotopic (exact) mass is 294 g/mol. The Morgan fingerprint density at radius 3 is 2.53 bits per heavy atom. The fourth-order valence-corrected chi connectivity index (χ4v) is 2.75. The number of sulfonamides is 1. The summed E-state index contributed by atoms with van der Waals surface area (Å²) in [7, 11) is -1.41. The Labute approximate surface area is 111 Å². The Morgan fingerprint density at radius 1 is 1.42 bits per heavy atom. The van der Waals surface area contributed by atoms with Gasteiger partial charge in [0.15, 0.2) is 0 Å². The standard InChI is InChI=1S/C11H16F2N2O3S/c1-15(7-11(12)13)19(16,17)9-3-4-10(18-2)8(5-9)6-14/h3-5,11H,6-7,14H2,1-2H3. The Hall–Kier alpha value is -1.25. The minimum absolute atomic E-state index is 0.0862. The predicted octanol–water partition coefficient (Wildman–Crippen LogP) is 1.04. The molecule has 0 aliphatic rings. The first-order valence-corrected chi connectivity index (χ1v) is 6.88. The van der Waals surface area contributed by atoms with Crippen molar-refractivity contribution in [2.24, 2.45) is 5.73 Å². The average molecular weight is 294 g/mol. The van der Waals surface area contributed by atoms with E-state index >= 15 is 0 Å². The van der Waals surface area contributed by atoms with Crippen molar-refractivity contribution < 1.29 is 21.9 Å². The van der Waals surface area contributed by atoms with Crippen molar-refractivity contribution in [1.29, 1.82) is 0 Å². The van der Waals surface area contributed by atoms with Gasteiger partial charge in [0.25, 0.3) is 6.43 Å². The van der Waals surface area contributed by atoms with Gasteiger partial charge in [-0.05, 0) is 18.2 Å². The predicted molar refractivity (Wildman–Crippen MR) is 66.7 cm³/mol. The molecule has 0 fully saturated rings. The molecule has 0 atom stereocenters. The van der Waals surface area contributed by atoms with Gasteiger partial charge in [-0.1, -0.05) is 0 Å². The molecule has 108 valence electrons. The summed E-state index contributed by atoms with van der Waals surface area (Å²) >= 11 is 0. The van der Waals surface area contributed by atoms with E-state index in [9.17, 15) is 17.2 Å². The number of halogens is 2. The van der Waals surface area contributed by atoms with Crippen molar-refractivity contribution in [2.75, 3.05) is 20.7 Å². The van der Waals surface area contributed by atoms with Crippen LogP contribution in [0.3, 0.4) is 0 Å². The number of hydrogen-bond donors (Lipinski definition) is 1. The molecule has 5 nitrogen and oxygen atoms in total. The molecule has 1 rings (SSSR count). The quantitative estimate of drug-likeness (QED) is 0.851. The van der Waals surface area contributed by atoms with Crippen molar-refractivity contribution >= 4 is 10.0 Å². The van der Waals surface area contributed by atoms with Crippen molar-refractivity contribution in [3.8, 4) is 5.75 Å². The van der Waals surface area contributed by atoms with Crippen molar-refractivity contribution in [3.05, 3.63) is 23.8 Å². The molecule has 0 saturated carbocycles. The molecule has 1 aromatic carbocycles. The van der Waals surface area contributed by atoms with Crippen LogP contribution in [0.25, 0.3) is 0 Å². The van der Waals surface area contributed by atoms with Gasteiger partial charge in [-0.2, -0.15) is 4.31 Å². The fraction of sp³-hybridized carbons (Fsp3) is 0.455. The molecule has 0 aliphatic heterocycles. The topological polar surface area (TPSA) is 72.6 Å². The van der Waals surface area contributed by atoms with Crippen LogP contribution in [0.2, 0.25) is 0 Å². The number of nitrogens with two attached hydrogens (primary N) is 1. The largest absolute Gasteiger partial charge is 0.496 e. The van der Waals surface area contributed by atoms with Crippen LogP contribution in [0.4, 0.5) is 8.78 Å². The Morgan fingerprint density at radius 2 is 2.05 bits per heavy atom. The van der Waals surface area contributed by atoms with Crippen LogP contribution in [0.15, 0.2) is 23.1 Å². The third kappa shape index (κ3) is 3.62. The van der Waals surface area contributed by atoms with Gasteiger partial charge < -0.3 is 10.5 Å². The zero-order chi connectivity index (χ0) is 14.6. The first kappa shape index (κ1) is 15.8. The van der Waals surface area contributed by atoms with E-state index in [4.69, 9.17) is 10.5 Å². The first-order chi connectivity index (χ1) is 8.82. The number of alkyl halides is 2. The number of methoxy groups -OCH3 is 1. The van der Waals surface area contributed by atoms with E-state index in [2.05, 4.69) is 0 Å². The minimum atomic E-state index is -3.95. The second-order valence-corrected chi connectivity index (χ2v) is 5.90. The highest BCUT2D eigenvalue weighted by atomic mass is 32.2. The van der Waals surface area contributed by atoms with E-state index in [0.717, 1.165) is 7.05 Å². The summed E-state index contributed by atoms with van der Waals surface area (Å²) in [5, 5.41) is 0. The van der Waals surface area contributed by atoms with Crippen molar-refractivity contribution in [1.82, 2.24) is 4.31 Å². The summed E-state index contributed by atoms with van der Waals surface area (Å²) in [6.07, 6.45) is -2.73. The van der Waals surface area contributed by atoms with Crippen LogP contribution in [-0.2, 0) is 16.6 Å². The summed E-state index contributed by atoms with van der Waals surface area (Å²) in [5.41, 5.74) is 5.98. The highest BCUT2D eigenvalue weighted by molar-refractivity contribution is 7.89. The number of ether oxygens (including phenoxy) is 1. The van der Waals surface area contributed by atoms with E-state index in [0.29, 0.717) is 15.6 Å². The summed E-state index contributed by atoms with van der Waals surface area (Å²) in [6, 6.07) is 4.08. The third-order valence-corrected chi connectivity index (χ3v) is 4.39. The average Bonchev–Trinajstić information content (AvgIpc) is 2.36. The van der Waals surface area contributed by atoms with Crippen LogP contribution >= 0.6 is 0 Å². The van der Waals surface area contributed by atoms with E-state index in [1.165, 1.54) is 25.3 Å². The molecule has 2 N–H and O–H groups in total. The van der Waals surface area contributed by atoms with Crippen LogP contribution in [0, 0.1) is 0 Å². The first-order valence-electron chi connectivity index (χ1n) is 5.44. The SMILES string of the molecule is COc1ccc(S(=O)(=O)N(C)CC(F)F)cc1CN. The smallest absolute Gasteiger partial charge is 0.252 e. The molecule has 0 heterocycles. The number of benzene rings is 1. The van der Waals surface area contributed by atoms with Gasteiger partial charge in [0, 0.05) is 19.2 Å². The summed E-state index contributed by atoms with van der Waals surface area (Å²) in [6.45, 7) is -0.766. The maximum Gasteiger partial charge on any atom is 0.252 e. The summed E-state index contributed by atoms with van der Waals surface area (Å²) in [5.74, 6) is 0.456. The molecule has 0 radical (unpaired) electrons. The van der Waals surface area contributed by atoms with Crippen LogP contribution in [0.5, 0.6) is 5.75 Å². The molecule has 1 aromatic rings. The Balaban J connectivity index is 3.15. The third-order valence-electron chi connectivity index (χ3n) is 2.58.